The lowest BCUT2D eigenvalue weighted by Gasteiger charge is -2.15. The molecule has 1 aliphatic rings. The molecule has 1 saturated carbocycles. The Labute approximate surface area is 98.5 Å². The molecule has 1 fully saturated rings. The van der Waals surface area contributed by atoms with E-state index in [1.807, 2.05) is 0 Å². The molecule has 1 aromatic rings. The second-order valence-electron chi connectivity index (χ2n) is 4.57. The third-order valence-corrected chi connectivity index (χ3v) is 3.33. The van der Waals surface area contributed by atoms with Gasteiger partial charge in [0.05, 0.1) is 0 Å². The first-order valence-corrected chi connectivity index (χ1v) is 5.50. The van der Waals surface area contributed by atoms with Crippen LogP contribution in [-0.4, -0.2) is 0 Å². The van der Waals surface area contributed by atoms with Crippen LogP contribution in [0.3, 0.4) is 0 Å². The van der Waals surface area contributed by atoms with Crippen LogP contribution < -0.4 is 5.73 Å². The van der Waals surface area contributed by atoms with E-state index >= 15 is 0 Å². The Morgan fingerprint density at radius 1 is 1.33 bits per heavy atom. The maximum absolute atomic E-state index is 6.21. The lowest BCUT2D eigenvalue weighted by Crippen LogP contribution is -2.12. The van der Waals surface area contributed by atoms with Crippen LogP contribution in [-0.2, 0) is 0 Å². The van der Waals surface area contributed by atoms with E-state index in [-0.39, 0.29) is 18.4 Å². The van der Waals surface area contributed by atoms with Gasteiger partial charge < -0.3 is 5.73 Å². The number of aryl methyl sites for hydroxylation is 1. The molecule has 0 spiro atoms. The van der Waals surface area contributed by atoms with E-state index in [0.717, 1.165) is 5.92 Å². The van der Waals surface area contributed by atoms with Crippen molar-refractivity contribution < 1.29 is 0 Å². The van der Waals surface area contributed by atoms with Crippen molar-refractivity contribution in [1.82, 2.24) is 0 Å². The Morgan fingerprint density at radius 2 is 2.00 bits per heavy atom. The molecule has 2 N–H and O–H groups in total. The van der Waals surface area contributed by atoms with E-state index < -0.39 is 0 Å². The molecular formula is C13H20ClN. The van der Waals surface area contributed by atoms with Crippen molar-refractivity contribution in [3.63, 3.8) is 0 Å². The minimum atomic E-state index is 0. The normalized spacial score (nSPS) is 17.0. The minimum Gasteiger partial charge on any atom is -0.324 e. The predicted octanol–water partition coefficient (Wildman–Crippen LogP) is 3.53. The zero-order valence-corrected chi connectivity index (χ0v) is 10.3. The number of benzene rings is 1. The molecule has 2 heteroatoms. The van der Waals surface area contributed by atoms with Gasteiger partial charge in [-0.1, -0.05) is 31.0 Å². The Morgan fingerprint density at radius 3 is 2.60 bits per heavy atom. The fraction of sp³-hybridized carbons (Fsp3) is 0.538. The summed E-state index contributed by atoms with van der Waals surface area (Å²) in [6.07, 6.45) is 3.95. The van der Waals surface area contributed by atoms with Crippen molar-refractivity contribution in [2.45, 2.75) is 39.2 Å². The molecule has 0 heterocycles. The largest absolute Gasteiger partial charge is 0.324 e. The number of nitrogens with two attached hydrogens (primary N) is 1. The van der Waals surface area contributed by atoms with Gasteiger partial charge in [0.2, 0.25) is 0 Å². The van der Waals surface area contributed by atoms with Crippen LogP contribution >= 0.6 is 12.4 Å². The second-order valence-corrected chi connectivity index (χ2v) is 4.57. The maximum atomic E-state index is 6.21. The first-order chi connectivity index (χ1) is 6.68. The van der Waals surface area contributed by atoms with Crippen LogP contribution in [0.25, 0.3) is 0 Å². The van der Waals surface area contributed by atoms with Gasteiger partial charge in [0.15, 0.2) is 0 Å². The topological polar surface area (TPSA) is 26.0 Å². The van der Waals surface area contributed by atoms with Gasteiger partial charge in [-0.2, -0.15) is 0 Å². The van der Waals surface area contributed by atoms with E-state index in [1.165, 1.54) is 36.0 Å². The fourth-order valence-corrected chi connectivity index (χ4v) is 2.02. The molecule has 0 unspecified atom stereocenters. The highest BCUT2D eigenvalue weighted by Crippen LogP contribution is 2.37. The summed E-state index contributed by atoms with van der Waals surface area (Å²) in [6.45, 7) is 4.33. The summed E-state index contributed by atoms with van der Waals surface area (Å²) < 4.78 is 0. The summed E-state index contributed by atoms with van der Waals surface area (Å²) in [4.78, 5) is 0. The lowest BCUT2D eigenvalue weighted by molar-refractivity contribution is 0.594. The van der Waals surface area contributed by atoms with Crippen LogP contribution in [0.1, 0.15) is 42.0 Å². The molecule has 1 aliphatic carbocycles. The van der Waals surface area contributed by atoms with Gasteiger partial charge >= 0.3 is 0 Å². The van der Waals surface area contributed by atoms with Gasteiger partial charge in [-0.3, -0.25) is 0 Å². The van der Waals surface area contributed by atoms with Crippen LogP contribution in [0.5, 0.6) is 0 Å². The molecule has 0 saturated heterocycles. The lowest BCUT2D eigenvalue weighted by atomic mass is 9.95. The molecule has 0 bridgehead atoms. The number of hydrogen-bond donors (Lipinski definition) is 1. The molecule has 0 aliphatic heterocycles. The molecule has 0 radical (unpaired) electrons. The SMILES string of the molecule is Cc1cccc([C@@H](N)CC2CC2)c1C.Cl. The smallest absolute Gasteiger partial charge is 0.0300 e. The zero-order chi connectivity index (χ0) is 10.1. The van der Waals surface area contributed by atoms with E-state index in [0.29, 0.717) is 0 Å². The second kappa shape index (κ2) is 5.00. The molecular weight excluding hydrogens is 206 g/mol. The summed E-state index contributed by atoms with van der Waals surface area (Å²) in [7, 11) is 0. The summed E-state index contributed by atoms with van der Waals surface area (Å²) in [5.74, 6) is 0.907. The summed E-state index contributed by atoms with van der Waals surface area (Å²) in [5.41, 5.74) is 10.3. The molecule has 1 atom stereocenters. The van der Waals surface area contributed by atoms with E-state index in [4.69, 9.17) is 5.73 Å². The molecule has 15 heavy (non-hydrogen) atoms. The average Bonchev–Trinajstić information content (AvgIpc) is 2.93. The van der Waals surface area contributed by atoms with Gasteiger partial charge in [0.25, 0.3) is 0 Å². The summed E-state index contributed by atoms with van der Waals surface area (Å²) in [6, 6.07) is 6.70. The van der Waals surface area contributed by atoms with Crippen molar-refractivity contribution in [3.05, 3.63) is 34.9 Å². The summed E-state index contributed by atoms with van der Waals surface area (Å²) >= 11 is 0. The van der Waals surface area contributed by atoms with Gasteiger partial charge in [0, 0.05) is 6.04 Å². The van der Waals surface area contributed by atoms with Crippen molar-refractivity contribution in [1.29, 1.82) is 0 Å². The number of hydrogen-bond acceptors (Lipinski definition) is 1. The molecule has 1 aromatic carbocycles. The third-order valence-electron chi connectivity index (χ3n) is 3.33. The standard InChI is InChI=1S/C13H19N.ClH/c1-9-4-3-5-12(10(9)2)13(14)8-11-6-7-11;/h3-5,11,13H,6-8,14H2,1-2H3;1H/t13-;/m0./s1. The van der Waals surface area contributed by atoms with E-state index in [1.54, 1.807) is 0 Å². The highest BCUT2D eigenvalue weighted by molar-refractivity contribution is 5.85. The number of halogens is 1. The first-order valence-electron chi connectivity index (χ1n) is 5.50. The van der Waals surface area contributed by atoms with E-state index in [9.17, 15) is 0 Å². The van der Waals surface area contributed by atoms with Crippen molar-refractivity contribution in [2.24, 2.45) is 11.7 Å². The monoisotopic (exact) mass is 225 g/mol. The van der Waals surface area contributed by atoms with Crippen LogP contribution in [0.2, 0.25) is 0 Å². The quantitative estimate of drug-likeness (QED) is 0.837. The Balaban J connectivity index is 0.00000112. The average molecular weight is 226 g/mol. The fourth-order valence-electron chi connectivity index (χ4n) is 2.02. The molecule has 0 amide bonds. The van der Waals surface area contributed by atoms with Gasteiger partial charge in [-0.15, -0.1) is 12.4 Å². The Hall–Kier alpha value is -0.530. The Bertz CT molecular complexity index is 331. The molecule has 1 nitrogen and oxygen atoms in total. The third kappa shape index (κ3) is 2.96. The Kier molecular flexibility index (Phi) is 4.18. The highest BCUT2D eigenvalue weighted by atomic mass is 35.5. The van der Waals surface area contributed by atoms with Gasteiger partial charge in [0.1, 0.15) is 0 Å². The summed E-state index contributed by atoms with van der Waals surface area (Å²) in [5, 5.41) is 0. The first kappa shape index (κ1) is 12.5. The van der Waals surface area contributed by atoms with Crippen LogP contribution in [0.15, 0.2) is 18.2 Å². The van der Waals surface area contributed by atoms with Crippen molar-refractivity contribution in [2.75, 3.05) is 0 Å². The molecule has 2 rings (SSSR count). The maximum Gasteiger partial charge on any atom is 0.0300 e. The highest BCUT2D eigenvalue weighted by Gasteiger charge is 2.25. The van der Waals surface area contributed by atoms with E-state index in [2.05, 4.69) is 32.0 Å². The van der Waals surface area contributed by atoms with Gasteiger partial charge in [-0.25, -0.2) is 0 Å². The van der Waals surface area contributed by atoms with Crippen LogP contribution in [0, 0.1) is 19.8 Å². The molecule has 0 aromatic heterocycles. The zero-order valence-electron chi connectivity index (χ0n) is 9.49. The molecule has 84 valence electrons. The van der Waals surface area contributed by atoms with Crippen LogP contribution in [0.4, 0.5) is 0 Å². The van der Waals surface area contributed by atoms with Crippen molar-refractivity contribution >= 4 is 12.4 Å². The van der Waals surface area contributed by atoms with Crippen molar-refractivity contribution in [3.8, 4) is 0 Å². The minimum absolute atomic E-state index is 0. The number of rotatable bonds is 3. The van der Waals surface area contributed by atoms with Gasteiger partial charge in [-0.05, 0) is 42.9 Å². The predicted molar refractivity (Wildman–Crippen MR) is 67.4 cm³/mol.